The van der Waals surface area contributed by atoms with Gasteiger partial charge in [0.2, 0.25) is 5.91 Å². The Morgan fingerprint density at radius 2 is 2.05 bits per heavy atom. The molecule has 6 heteroatoms. The number of amides is 1. The second-order valence-electron chi connectivity index (χ2n) is 3.73. The molecule has 0 aliphatic rings. The average molecular weight is 273 g/mol. The highest BCUT2D eigenvalue weighted by atomic mass is 19.4. The first-order valence-electron chi connectivity index (χ1n) is 5.41. The first-order chi connectivity index (χ1) is 8.80. The molecule has 0 bridgehead atoms. The summed E-state index contributed by atoms with van der Waals surface area (Å²) in [7, 11) is 0. The average Bonchev–Trinajstić information content (AvgIpc) is 2.28. The van der Waals surface area contributed by atoms with Crippen LogP contribution in [-0.4, -0.2) is 12.5 Å². The number of nitrogens with one attached hydrogen (secondary N) is 1. The van der Waals surface area contributed by atoms with Gasteiger partial charge in [-0.15, -0.1) is 0 Å². The molecule has 1 amide bonds. The Morgan fingerprint density at radius 1 is 1.37 bits per heavy atom. The molecule has 0 aliphatic heterocycles. The second-order valence-corrected chi connectivity index (χ2v) is 3.73. The highest BCUT2D eigenvalue weighted by molar-refractivity contribution is 5.72. The fourth-order valence-corrected chi connectivity index (χ4v) is 1.29. The summed E-state index contributed by atoms with van der Waals surface area (Å²) in [6, 6.07) is 2.58. The van der Waals surface area contributed by atoms with Crippen molar-refractivity contribution in [2.75, 3.05) is 6.54 Å². The molecule has 102 valence electrons. The molecule has 0 aliphatic carbocycles. The van der Waals surface area contributed by atoms with E-state index in [-0.39, 0.29) is 11.5 Å². The molecular weight excluding hydrogens is 262 g/mol. The minimum atomic E-state index is -4.74. The van der Waals surface area contributed by atoms with Gasteiger partial charge in [-0.25, -0.2) is 4.39 Å². The van der Waals surface area contributed by atoms with Crippen molar-refractivity contribution in [1.82, 2.24) is 5.32 Å². The molecule has 0 atom stereocenters. The highest BCUT2D eigenvalue weighted by Crippen LogP contribution is 2.31. The molecule has 0 heterocycles. The highest BCUT2D eigenvalue weighted by Gasteiger charge is 2.34. The molecule has 2 nitrogen and oxygen atoms in total. The minimum Gasteiger partial charge on any atom is -0.355 e. The van der Waals surface area contributed by atoms with E-state index >= 15 is 0 Å². The Balaban J connectivity index is 2.75. The van der Waals surface area contributed by atoms with Gasteiger partial charge in [0.25, 0.3) is 0 Å². The number of alkyl halides is 3. The Labute approximate surface area is 107 Å². The molecule has 0 unspecified atom stereocenters. The third-order valence-corrected chi connectivity index (χ3v) is 2.13. The molecule has 0 aromatic heterocycles. The minimum absolute atomic E-state index is 0.0801. The van der Waals surface area contributed by atoms with Crippen LogP contribution in [0.2, 0.25) is 0 Å². The van der Waals surface area contributed by atoms with Gasteiger partial charge < -0.3 is 5.32 Å². The Hall–Kier alpha value is -2.03. The zero-order valence-corrected chi connectivity index (χ0v) is 10.1. The fraction of sp³-hybridized carbons (Fsp3) is 0.308. The number of carbonyl (C=O) groups excluding carboxylic acids is 1. The molecule has 1 aromatic carbocycles. The third kappa shape index (κ3) is 5.00. The van der Waals surface area contributed by atoms with E-state index in [1.54, 1.807) is 0 Å². The quantitative estimate of drug-likeness (QED) is 0.501. The van der Waals surface area contributed by atoms with Gasteiger partial charge in [0.05, 0.1) is 5.56 Å². The Kier molecular flexibility index (Phi) is 4.93. The van der Waals surface area contributed by atoms with Gasteiger partial charge in [0.1, 0.15) is 5.82 Å². The van der Waals surface area contributed by atoms with Crippen molar-refractivity contribution >= 4 is 5.91 Å². The number of carbonyl (C=O) groups is 1. The monoisotopic (exact) mass is 273 g/mol. The summed E-state index contributed by atoms with van der Waals surface area (Å²) in [4.78, 5) is 10.5. The van der Waals surface area contributed by atoms with Crippen LogP contribution >= 0.6 is 0 Å². The van der Waals surface area contributed by atoms with Gasteiger partial charge in [0, 0.05) is 25.5 Å². The number of rotatable bonds is 2. The maximum absolute atomic E-state index is 13.0. The van der Waals surface area contributed by atoms with Crippen LogP contribution in [-0.2, 0) is 11.0 Å². The molecule has 0 saturated carbocycles. The third-order valence-electron chi connectivity index (χ3n) is 2.13. The largest absolute Gasteiger partial charge is 0.419 e. The normalized spacial score (nSPS) is 10.6. The Morgan fingerprint density at radius 3 is 2.63 bits per heavy atom. The lowest BCUT2D eigenvalue weighted by molar-refractivity contribution is -0.140. The van der Waals surface area contributed by atoms with Crippen LogP contribution in [0.5, 0.6) is 0 Å². The number of hydrogen-bond acceptors (Lipinski definition) is 1. The van der Waals surface area contributed by atoms with Gasteiger partial charge in [-0.1, -0.05) is 11.8 Å². The van der Waals surface area contributed by atoms with Crippen molar-refractivity contribution in [3.63, 3.8) is 0 Å². The predicted octanol–water partition coefficient (Wildman–Crippen LogP) is 2.72. The lowest BCUT2D eigenvalue weighted by Crippen LogP contribution is -2.20. The molecule has 1 N–H and O–H groups in total. The van der Waals surface area contributed by atoms with E-state index in [4.69, 9.17) is 0 Å². The first-order valence-corrected chi connectivity index (χ1v) is 5.41. The lowest BCUT2D eigenvalue weighted by atomic mass is 10.1. The van der Waals surface area contributed by atoms with Crippen molar-refractivity contribution in [3.8, 4) is 11.8 Å². The topological polar surface area (TPSA) is 29.1 Å². The van der Waals surface area contributed by atoms with Crippen LogP contribution in [0, 0.1) is 17.7 Å². The van der Waals surface area contributed by atoms with Crippen molar-refractivity contribution in [2.45, 2.75) is 19.5 Å². The number of benzene rings is 1. The van der Waals surface area contributed by atoms with Gasteiger partial charge in [-0.3, -0.25) is 4.79 Å². The predicted molar refractivity (Wildman–Crippen MR) is 61.6 cm³/mol. The van der Waals surface area contributed by atoms with Crippen molar-refractivity contribution < 1.29 is 22.4 Å². The summed E-state index contributed by atoms with van der Waals surface area (Å²) < 4.78 is 50.3. The smallest absolute Gasteiger partial charge is 0.355 e. The molecule has 1 aromatic rings. The van der Waals surface area contributed by atoms with Gasteiger partial charge >= 0.3 is 6.18 Å². The molecule has 0 radical (unpaired) electrons. The van der Waals surface area contributed by atoms with Crippen LogP contribution in [0.1, 0.15) is 24.5 Å². The van der Waals surface area contributed by atoms with E-state index in [1.165, 1.54) is 13.0 Å². The van der Waals surface area contributed by atoms with Crippen molar-refractivity contribution in [2.24, 2.45) is 0 Å². The summed E-state index contributed by atoms with van der Waals surface area (Å²) in [5.41, 5.74) is -1.25. The van der Waals surface area contributed by atoms with E-state index in [2.05, 4.69) is 17.2 Å². The van der Waals surface area contributed by atoms with Gasteiger partial charge in [0.15, 0.2) is 0 Å². The number of halogens is 4. The maximum atomic E-state index is 13.0. The maximum Gasteiger partial charge on any atom is 0.419 e. The molecule has 0 spiro atoms. The first kappa shape index (κ1) is 15.0. The van der Waals surface area contributed by atoms with E-state index < -0.39 is 17.6 Å². The standard InChI is InChI=1S/C13H11F4NO/c1-9(19)18-7-3-2-4-10-5-6-12(14)11(8-10)13(15,16)17/h5-6,8H,3,7H2,1H3,(H,18,19). The summed E-state index contributed by atoms with van der Waals surface area (Å²) in [6.45, 7) is 1.67. The zero-order chi connectivity index (χ0) is 14.5. The summed E-state index contributed by atoms with van der Waals surface area (Å²) in [6.07, 6.45) is -4.43. The van der Waals surface area contributed by atoms with Crippen LogP contribution in [0.3, 0.4) is 0 Å². The summed E-state index contributed by atoms with van der Waals surface area (Å²) in [5.74, 6) is 3.56. The van der Waals surface area contributed by atoms with E-state index in [0.29, 0.717) is 19.0 Å². The van der Waals surface area contributed by atoms with Crippen LogP contribution < -0.4 is 5.32 Å². The fourth-order valence-electron chi connectivity index (χ4n) is 1.29. The summed E-state index contributed by atoms with van der Waals surface area (Å²) in [5, 5.41) is 2.50. The molecule has 19 heavy (non-hydrogen) atoms. The van der Waals surface area contributed by atoms with Gasteiger partial charge in [-0.05, 0) is 18.2 Å². The van der Waals surface area contributed by atoms with Crippen molar-refractivity contribution in [3.05, 3.63) is 35.1 Å². The molecule has 1 rings (SSSR count). The Bertz CT molecular complexity index is 526. The second kappa shape index (κ2) is 6.23. The van der Waals surface area contributed by atoms with Crippen LogP contribution in [0.4, 0.5) is 17.6 Å². The lowest BCUT2D eigenvalue weighted by Gasteiger charge is -2.07. The van der Waals surface area contributed by atoms with Gasteiger partial charge in [-0.2, -0.15) is 13.2 Å². The van der Waals surface area contributed by atoms with Crippen molar-refractivity contribution in [1.29, 1.82) is 0 Å². The van der Waals surface area contributed by atoms with E-state index in [0.717, 1.165) is 6.07 Å². The SMILES string of the molecule is CC(=O)NCCC#Cc1ccc(F)c(C(F)(F)F)c1. The van der Waals surface area contributed by atoms with Crippen LogP contribution in [0.15, 0.2) is 18.2 Å². The number of hydrogen-bond donors (Lipinski definition) is 1. The molecule has 0 saturated heterocycles. The summed E-state index contributed by atoms with van der Waals surface area (Å²) >= 11 is 0. The van der Waals surface area contributed by atoms with E-state index in [1.807, 2.05) is 0 Å². The zero-order valence-electron chi connectivity index (χ0n) is 10.1. The molecule has 0 fully saturated rings. The molecular formula is C13H11F4NO. The van der Waals surface area contributed by atoms with E-state index in [9.17, 15) is 22.4 Å². The van der Waals surface area contributed by atoms with Crippen LogP contribution in [0.25, 0.3) is 0 Å².